The number of nitrogens with two attached hydrogens (primary N) is 1. The van der Waals surface area contributed by atoms with E-state index >= 15 is 0 Å². The van der Waals surface area contributed by atoms with Crippen LogP contribution in [0.15, 0.2) is 6.20 Å². The zero-order valence-corrected chi connectivity index (χ0v) is 14.1. The molecule has 0 bridgehead atoms. The Hall–Kier alpha value is -2.55. The van der Waals surface area contributed by atoms with Crippen molar-refractivity contribution < 1.29 is 4.79 Å². The third-order valence-corrected chi connectivity index (χ3v) is 3.95. The summed E-state index contributed by atoms with van der Waals surface area (Å²) in [5.41, 5.74) is 7.18. The zero-order chi connectivity index (χ0) is 16.8. The summed E-state index contributed by atoms with van der Waals surface area (Å²) in [6.07, 6.45) is 1.53. The van der Waals surface area contributed by atoms with E-state index in [9.17, 15) is 4.79 Å². The van der Waals surface area contributed by atoms with Crippen LogP contribution in [0.4, 0.5) is 10.9 Å². The number of primary amides is 1. The molecule has 0 radical (unpaired) electrons. The number of anilines is 2. The van der Waals surface area contributed by atoms with E-state index in [4.69, 9.17) is 5.73 Å². The molecule has 9 heteroatoms. The van der Waals surface area contributed by atoms with Crippen LogP contribution in [0.1, 0.15) is 42.6 Å². The van der Waals surface area contributed by atoms with Gasteiger partial charge in [-0.2, -0.15) is 4.37 Å². The fraction of sp³-hybridized carbons (Fsp3) is 0.357. The Balaban J connectivity index is 2.18. The molecule has 3 heterocycles. The summed E-state index contributed by atoms with van der Waals surface area (Å²) < 4.78 is 4.14. The van der Waals surface area contributed by atoms with E-state index < -0.39 is 5.91 Å². The van der Waals surface area contributed by atoms with Gasteiger partial charge in [-0.15, -0.1) is 0 Å². The lowest BCUT2D eigenvalue weighted by Crippen LogP contribution is -2.18. The van der Waals surface area contributed by atoms with Crippen LogP contribution in [0.25, 0.3) is 11.2 Å². The van der Waals surface area contributed by atoms with Gasteiger partial charge in [0.2, 0.25) is 5.13 Å². The van der Waals surface area contributed by atoms with E-state index in [1.807, 2.05) is 27.7 Å². The summed E-state index contributed by atoms with van der Waals surface area (Å²) in [5.74, 6) is 0.679. The summed E-state index contributed by atoms with van der Waals surface area (Å²) in [7, 11) is 0. The van der Waals surface area contributed by atoms with E-state index in [0.29, 0.717) is 33.5 Å². The average molecular weight is 331 g/mol. The molecule has 3 aromatic rings. The molecule has 0 aliphatic heterocycles. The van der Waals surface area contributed by atoms with Crippen molar-refractivity contribution in [3.8, 4) is 0 Å². The minimum Gasteiger partial charge on any atom is -0.365 e. The maximum Gasteiger partial charge on any atom is 0.252 e. The maximum absolute atomic E-state index is 11.5. The number of hydrogen-bond acceptors (Lipinski definition) is 7. The van der Waals surface area contributed by atoms with Crippen LogP contribution in [-0.4, -0.2) is 30.2 Å². The molecule has 1 amide bonds. The molecule has 0 unspecified atom stereocenters. The number of rotatable bonds is 3. The largest absolute Gasteiger partial charge is 0.365 e. The Kier molecular flexibility index (Phi) is 3.52. The molecule has 3 rings (SSSR count). The molecular formula is C14H17N7OS. The molecule has 0 aliphatic carbocycles. The molecule has 0 aliphatic rings. The Bertz CT molecular complexity index is 890. The molecule has 0 atom stereocenters. The number of aromatic amines is 1. The topological polar surface area (TPSA) is 122 Å². The van der Waals surface area contributed by atoms with Crippen molar-refractivity contribution in [1.29, 1.82) is 0 Å². The molecule has 0 aromatic carbocycles. The predicted molar refractivity (Wildman–Crippen MR) is 89.0 cm³/mol. The summed E-state index contributed by atoms with van der Waals surface area (Å²) in [5, 5.41) is 3.78. The van der Waals surface area contributed by atoms with Gasteiger partial charge in [-0.25, -0.2) is 15.0 Å². The van der Waals surface area contributed by atoms with Gasteiger partial charge in [0.1, 0.15) is 11.3 Å². The second kappa shape index (κ2) is 5.27. The Morgan fingerprint density at radius 2 is 2.04 bits per heavy atom. The van der Waals surface area contributed by atoms with E-state index in [2.05, 4.69) is 29.6 Å². The van der Waals surface area contributed by atoms with E-state index in [1.165, 1.54) is 17.7 Å². The van der Waals surface area contributed by atoms with Gasteiger partial charge in [-0.1, -0.05) is 20.8 Å². The first-order chi connectivity index (χ1) is 10.8. The third kappa shape index (κ3) is 2.87. The number of aryl methyl sites for hydroxylation is 1. The molecule has 4 N–H and O–H groups in total. The Morgan fingerprint density at radius 1 is 1.30 bits per heavy atom. The lowest BCUT2D eigenvalue weighted by molar-refractivity contribution is 0.100. The molecule has 23 heavy (non-hydrogen) atoms. The maximum atomic E-state index is 11.5. The minimum atomic E-state index is -0.549. The van der Waals surface area contributed by atoms with Crippen molar-refractivity contribution in [1.82, 2.24) is 24.3 Å². The lowest BCUT2D eigenvalue weighted by atomic mass is 9.91. The number of nitrogens with one attached hydrogen (secondary N) is 2. The second-order valence-electron chi connectivity index (χ2n) is 6.21. The number of nitrogens with zero attached hydrogens (tertiary/aromatic N) is 4. The van der Waals surface area contributed by atoms with Gasteiger partial charge in [0, 0.05) is 23.1 Å². The molecule has 8 nitrogen and oxygen atoms in total. The first-order valence-electron chi connectivity index (χ1n) is 7.02. The highest BCUT2D eigenvalue weighted by Gasteiger charge is 2.24. The van der Waals surface area contributed by atoms with E-state index in [1.54, 1.807) is 0 Å². The van der Waals surface area contributed by atoms with Crippen molar-refractivity contribution in [2.75, 3.05) is 5.32 Å². The SMILES string of the molecule is Cc1nsc(Nc2nc3c(C(N)=O)c[nH]c3nc2C(C)(C)C)n1. The monoisotopic (exact) mass is 331 g/mol. The normalized spacial score (nSPS) is 11.8. The lowest BCUT2D eigenvalue weighted by Gasteiger charge is -2.20. The summed E-state index contributed by atoms with van der Waals surface area (Å²) in [4.78, 5) is 27.9. The molecule has 0 fully saturated rings. The number of carbonyl (C=O) groups excluding carboxylic acids is 1. The summed E-state index contributed by atoms with van der Waals surface area (Å²) in [6, 6.07) is 0. The second-order valence-corrected chi connectivity index (χ2v) is 6.96. The van der Waals surface area contributed by atoms with Gasteiger partial charge in [-0.05, 0) is 6.92 Å². The van der Waals surface area contributed by atoms with E-state index in [0.717, 1.165) is 5.69 Å². The van der Waals surface area contributed by atoms with Crippen molar-refractivity contribution in [3.05, 3.63) is 23.3 Å². The minimum absolute atomic E-state index is 0.249. The van der Waals surface area contributed by atoms with Crippen molar-refractivity contribution >= 4 is 39.6 Å². The summed E-state index contributed by atoms with van der Waals surface area (Å²) in [6.45, 7) is 7.94. The average Bonchev–Trinajstić information content (AvgIpc) is 3.02. The van der Waals surface area contributed by atoms with Gasteiger partial charge >= 0.3 is 0 Å². The highest BCUT2D eigenvalue weighted by Crippen LogP contribution is 2.31. The van der Waals surface area contributed by atoms with Crippen molar-refractivity contribution in [2.24, 2.45) is 5.73 Å². The number of amides is 1. The predicted octanol–water partition coefficient (Wildman–Crippen LogP) is 2.26. The molecule has 0 saturated carbocycles. The fourth-order valence-electron chi connectivity index (χ4n) is 2.18. The third-order valence-electron chi connectivity index (χ3n) is 3.23. The van der Waals surface area contributed by atoms with Gasteiger partial charge in [0.25, 0.3) is 5.91 Å². The number of aromatic nitrogens is 5. The van der Waals surface area contributed by atoms with Crippen LogP contribution in [0, 0.1) is 6.92 Å². The van der Waals surface area contributed by atoms with Gasteiger partial charge in [-0.3, -0.25) is 4.79 Å². The number of fused-ring (bicyclic) bond motifs is 1. The first-order valence-corrected chi connectivity index (χ1v) is 7.80. The van der Waals surface area contributed by atoms with Crippen molar-refractivity contribution in [2.45, 2.75) is 33.1 Å². The number of carbonyl (C=O) groups is 1. The van der Waals surface area contributed by atoms with Crippen LogP contribution in [0.2, 0.25) is 0 Å². The van der Waals surface area contributed by atoms with Crippen LogP contribution in [0.5, 0.6) is 0 Å². The Labute approximate surface area is 136 Å². The van der Waals surface area contributed by atoms with E-state index in [-0.39, 0.29) is 5.41 Å². The number of H-pyrrole nitrogens is 1. The van der Waals surface area contributed by atoms with Gasteiger partial charge in [0.05, 0.1) is 11.3 Å². The van der Waals surface area contributed by atoms with Gasteiger partial charge in [0.15, 0.2) is 11.5 Å². The van der Waals surface area contributed by atoms with Crippen LogP contribution < -0.4 is 11.1 Å². The molecule has 120 valence electrons. The molecule has 0 spiro atoms. The Morgan fingerprint density at radius 3 is 2.61 bits per heavy atom. The smallest absolute Gasteiger partial charge is 0.252 e. The van der Waals surface area contributed by atoms with Crippen LogP contribution in [0.3, 0.4) is 0 Å². The quantitative estimate of drug-likeness (QED) is 0.676. The van der Waals surface area contributed by atoms with Crippen LogP contribution in [-0.2, 0) is 5.41 Å². The standard InChI is InChI=1S/C14H17N7OS/c1-6-17-13(23-21-6)20-12-9(14(2,3)4)19-11-8(18-12)7(5-16-11)10(15)22/h5H,1-4H3,(H2,15,22)(H,16,19)(H,17,18,20,21). The highest BCUT2D eigenvalue weighted by molar-refractivity contribution is 7.09. The number of hydrogen-bond donors (Lipinski definition) is 3. The molecule has 3 aromatic heterocycles. The highest BCUT2D eigenvalue weighted by atomic mass is 32.1. The zero-order valence-electron chi connectivity index (χ0n) is 13.3. The van der Waals surface area contributed by atoms with Crippen LogP contribution >= 0.6 is 11.5 Å². The fourth-order valence-corrected chi connectivity index (χ4v) is 2.75. The van der Waals surface area contributed by atoms with Crippen molar-refractivity contribution in [3.63, 3.8) is 0 Å². The molecular weight excluding hydrogens is 314 g/mol. The van der Waals surface area contributed by atoms with Gasteiger partial charge < -0.3 is 16.0 Å². The first kappa shape index (κ1) is 15.3. The summed E-state index contributed by atoms with van der Waals surface area (Å²) >= 11 is 1.24. The molecule has 0 saturated heterocycles.